The monoisotopic (exact) mass is 488 g/mol. The summed E-state index contributed by atoms with van der Waals surface area (Å²) in [4.78, 5) is 30.4. The van der Waals surface area contributed by atoms with E-state index in [1.54, 1.807) is 36.5 Å². The minimum absolute atomic E-state index is 0.00781. The quantitative estimate of drug-likeness (QED) is 0.268. The van der Waals surface area contributed by atoms with Crippen LogP contribution in [0.3, 0.4) is 0 Å². The van der Waals surface area contributed by atoms with Crippen LogP contribution in [0.2, 0.25) is 0 Å². The maximum atomic E-state index is 13.3. The topological polar surface area (TPSA) is 106 Å². The van der Waals surface area contributed by atoms with Crippen LogP contribution in [0.4, 0.5) is 0 Å². The summed E-state index contributed by atoms with van der Waals surface area (Å²) in [6.07, 6.45) is 3.51. The number of carbonyl (C=O) groups is 1. The molecule has 2 heterocycles. The number of aromatic nitrogens is 2. The number of hydrogen-bond donors (Lipinski definition) is 1. The molecule has 1 aromatic carbocycles. The minimum Gasteiger partial charge on any atom is -0.438 e. The zero-order valence-corrected chi connectivity index (χ0v) is 21.4. The summed E-state index contributed by atoms with van der Waals surface area (Å²) in [5, 5.41) is 12.3. The Kier molecular flexibility index (Phi) is 8.62. The van der Waals surface area contributed by atoms with E-state index in [0.29, 0.717) is 31.0 Å². The number of nitrogens with zero attached hydrogens (tertiary/aromatic N) is 3. The van der Waals surface area contributed by atoms with Gasteiger partial charge in [0.1, 0.15) is 28.6 Å². The van der Waals surface area contributed by atoms with E-state index in [1.807, 2.05) is 32.0 Å². The molecule has 0 bridgehead atoms. The Balaban J connectivity index is 1.94. The summed E-state index contributed by atoms with van der Waals surface area (Å²) >= 11 is 0. The van der Waals surface area contributed by atoms with Gasteiger partial charge in [-0.1, -0.05) is 39.0 Å². The zero-order valence-electron chi connectivity index (χ0n) is 21.4. The van der Waals surface area contributed by atoms with Crippen molar-refractivity contribution in [1.29, 1.82) is 5.26 Å². The van der Waals surface area contributed by atoms with Crippen LogP contribution in [0.15, 0.2) is 59.0 Å². The van der Waals surface area contributed by atoms with Crippen molar-refractivity contribution in [3.8, 4) is 17.7 Å². The molecule has 0 aliphatic carbocycles. The van der Waals surface area contributed by atoms with E-state index >= 15 is 0 Å². The Hall–Kier alpha value is -3.96. The van der Waals surface area contributed by atoms with Gasteiger partial charge in [0.05, 0.1) is 6.10 Å². The highest BCUT2D eigenvalue weighted by Gasteiger charge is 2.18. The van der Waals surface area contributed by atoms with Gasteiger partial charge in [-0.2, -0.15) is 10.2 Å². The lowest BCUT2D eigenvalue weighted by Crippen LogP contribution is -2.27. The highest BCUT2D eigenvalue weighted by Crippen LogP contribution is 2.28. The summed E-state index contributed by atoms with van der Waals surface area (Å²) in [6, 6.07) is 14.5. The van der Waals surface area contributed by atoms with Gasteiger partial charge in [0.15, 0.2) is 0 Å². The lowest BCUT2D eigenvalue weighted by molar-refractivity contribution is -0.117. The molecule has 0 fully saturated rings. The molecule has 0 aliphatic heterocycles. The fourth-order valence-electron chi connectivity index (χ4n) is 3.40. The first-order valence-corrected chi connectivity index (χ1v) is 11.9. The van der Waals surface area contributed by atoms with Crippen molar-refractivity contribution >= 4 is 17.6 Å². The van der Waals surface area contributed by atoms with Crippen LogP contribution in [-0.4, -0.2) is 34.5 Å². The third-order valence-electron chi connectivity index (χ3n) is 5.38. The van der Waals surface area contributed by atoms with Gasteiger partial charge in [0.25, 0.3) is 11.5 Å². The predicted molar refractivity (Wildman–Crippen MR) is 139 cm³/mol. The highest BCUT2D eigenvalue weighted by atomic mass is 16.5. The van der Waals surface area contributed by atoms with Gasteiger partial charge < -0.3 is 14.8 Å². The summed E-state index contributed by atoms with van der Waals surface area (Å²) in [7, 11) is 0. The first-order chi connectivity index (χ1) is 17.1. The molecule has 0 spiro atoms. The number of nitrogens with one attached hydrogen (secondary N) is 1. The van der Waals surface area contributed by atoms with E-state index < -0.39 is 11.5 Å². The molecule has 0 saturated carbocycles. The van der Waals surface area contributed by atoms with Crippen molar-refractivity contribution in [1.82, 2.24) is 14.7 Å². The summed E-state index contributed by atoms with van der Waals surface area (Å²) < 4.78 is 12.8. The second-order valence-electron chi connectivity index (χ2n) is 9.64. The molecule has 1 N–H and O–H groups in total. The number of carbonyl (C=O) groups excluding carboxylic acids is 1. The van der Waals surface area contributed by atoms with E-state index in [2.05, 4.69) is 31.1 Å². The second kappa shape index (κ2) is 11.6. The Labute approximate surface area is 211 Å². The van der Waals surface area contributed by atoms with Crippen LogP contribution < -0.4 is 15.6 Å². The SMILES string of the molecule is CC(C)OCCCNC(=O)C(C#N)=Cc1c(Oc2ccc(C(C)(C)C)cc2)nc2ccccn2c1=O. The Morgan fingerprint density at radius 3 is 2.56 bits per heavy atom. The van der Waals surface area contributed by atoms with Gasteiger partial charge in [0.2, 0.25) is 5.88 Å². The molecule has 2 aromatic heterocycles. The number of rotatable bonds is 9. The first kappa shape index (κ1) is 26.6. The normalized spacial score (nSPS) is 12.0. The number of amides is 1. The van der Waals surface area contributed by atoms with Crippen molar-refractivity contribution in [3.05, 3.63) is 75.7 Å². The fourth-order valence-corrected chi connectivity index (χ4v) is 3.40. The molecule has 3 aromatic rings. The number of fused-ring (bicyclic) bond motifs is 1. The van der Waals surface area contributed by atoms with E-state index in [1.165, 1.54) is 10.5 Å². The molecule has 0 atom stereocenters. The van der Waals surface area contributed by atoms with Crippen LogP contribution in [0.5, 0.6) is 11.6 Å². The summed E-state index contributed by atoms with van der Waals surface area (Å²) in [5.74, 6) is -0.0846. The van der Waals surface area contributed by atoms with E-state index in [0.717, 1.165) is 5.56 Å². The summed E-state index contributed by atoms with van der Waals surface area (Å²) in [5.41, 5.74) is 0.823. The van der Waals surface area contributed by atoms with Crippen molar-refractivity contribution in [2.24, 2.45) is 0 Å². The smallest absolute Gasteiger partial charge is 0.269 e. The second-order valence-corrected chi connectivity index (χ2v) is 9.64. The average molecular weight is 489 g/mol. The maximum absolute atomic E-state index is 13.3. The number of ether oxygens (including phenoxy) is 2. The fraction of sp³-hybridized carbons (Fsp3) is 0.357. The molecule has 0 aliphatic rings. The van der Waals surface area contributed by atoms with Crippen molar-refractivity contribution in [2.45, 2.75) is 52.6 Å². The number of benzene rings is 1. The van der Waals surface area contributed by atoms with Crippen molar-refractivity contribution < 1.29 is 14.3 Å². The standard InChI is InChI=1S/C28H32N4O4/c1-19(2)35-16-8-14-30-25(33)20(18-29)17-23-26(31-24-9-6-7-15-32(24)27(23)34)36-22-12-10-21(11-13-22)28(3,4)5/h6-7,9-13,15,17,19H,8,14,16H2,1-5H3,(H,30,33). The molecular formula is C28H32N4O4. The van der Waals surface area contributed by atoms with Gasteiger partial charge in [-0.3, -0.25) is 14.0 Å². The molecule has 188 valence electrons. The van der Waals surface area contributed by atoms with Gasteiger partial charge in [-0.25, -0.2) is 0 Å². The number of pyridine rings is 1. The third-order valence-corrected chi connectivity index (χ3v) is 5.38. The van der Waals surface area contributed by atoms with Crippen LogP contribution in [0.1, 0.15) is 52.2 Å². The molecule has 8 nitrogen and oxygen atoms in total. The first-order valence-electron chi connectivity index (χ1n) is 11.9. The Morgan fingerprint density at radius 1 is 1.19 bits per heavy atom. The van der Waals surface area contributed by atoms with Gasteiger partial charge >= 0.3 is 0 Å². The van der Waals surface area contributed by atoms with Gasteiger partial charge in [-0.15, -0.1) is 0 Å². The number of hydrogen-bond acceptors (Lipinski definition) is 6. The molecule has 0 radical (unpaired) electrons. The predicted octanol–water partition coefficient (Wildman–Crippen LogP) is 4.62. The lowest BCUT2D eigenvalue weighted by Gasteiger charge is -2.19. The van der Waals surface area contributed by atoms with E-state index in [9.17, 15) is 14.9 Å². The van der Waals surface area contributed by atoms with Crippen LogP contribution in [-0.2, 0) is 14.9 Å². The molecule has 8 heteroatoms. The molecular weight excluding hydrogens is 456 g/mol. The van der Waals surface area contributed by atoms with Gasteiger partial charge in [-0.05, 0) is 61.6 Å². The van der Waals surface area contributed by atoms with E-state index in [-0.39, 0.29) is 28.5 Å². The minimum atomic E-state index is -0.583. The maximum Gasteiger partial charge on any atom is 0.269 e. The summed E-state index contributed by atoms with van der Waals surface area (Å²) in [6.45, 7) is 11.0. The lowest BCUT2D eigenvalue weighted by atomic mass is 9.87. The molecule has 36 heavy (non-hydrogen) atoms. The molecule has 3 rings (SSSR count). The van der Waals surface area contributed by atoms with Crippen LogP contribution >= 0.6 is 0 Å². The van der Waals surface area contributed by atoms with Crippen LogP contribution in [0.25, 0.3) is 11.7 Å². The Morgan fingerprint density at radius 2 is 1.92 bits per heavy atom. The molecule has 1 amide bonds. The molecule has 0 unspecified atom stereocenters. The number of nitriles is 1. The highest BCUT2D eigenvalue weighted by molar-refractivity contribution is 6.01. The van der Waals surface area contributed by atoms with E-state index in [4.69, 9.17) is 9.47 Å². The van der Waals surface area contributed by atoms with Crippen molar-refractivity contribution in [3.63, 3.8) is 0 Å². The Bertz CT molecular complexity index is 1340. The molecule has 0 saturated heterocycles. The third kappa shape index (κ3) is 6.80. The van der Waals surface area contributed by atoms with Crippen LogP contribution in [0, 0.1) is 11.3 Å². The largest absolute Gasteiger partial charge is 0.438 e. The zero-order chi connectivity index (χ0) is 26.3. The average Bonchev–Trinajstić information content (AvgIpc) is 2.83. The van der Waals surface area contributed by atoms with Gasteiger partial charge in [0, 0.05) is 19.3 Å². The van der Waals surface area contributed by atoms with Crippen molar-refractivity contribution in [2.75, 3.05) is 13.2 Å².